The number of primary amides is 2. The van der Waals surface area contributed by atoms with Crippen LogP contribution in [0.15, 0.2) is 85.2 Å². The molecular weight excluding hydrogens is 1650 g/mol. The van der Waals surface area contributed by atoms with Crippen molar-refractivity contribution in [3.63, 3.8) is 0 Å². The summed E-state index contributed by atoms with van der Waals surface area (Å²) in [4.78, 5) is 257. The molecule has 8 rings (SSSR count). The molecule has 0 saturated carbocycles. The fourth-order valence-electron chi connectivity index (χ4n) is 15.2. The smallest absolute Gasteiger partial charge is 0.246 e. The molecule has 0 radical (unpaired) electrons. The Bertz CT molecular complexity index is 4700. The van der Waals surface area contributed by atoms with Gasteiger partial charge in [0.25, 0.3) is 0 Å². The van der Waals surface area contributed by atoms with Crippen molar-refractivity contribution in [3.8, 4) is 5.75 Å². The van der Waals surface area contributed by atoms with Gasteiger partial charge in [-0.05, 0) is 119 Å². The molecule has 125 heavy (non-hydrogen) atoms. The molecule has 1 unspecified atom stereocenters. The van der Waals surface area contributed by atoms with Crippen LogP contribution in [0.4, 0.5) is 0 Å². The number of unbranched alkanes of at least 4 members (excludes halogenated alkanes) is 1. The van der Waals surface area contributed by atoms with E-state index in [1.165, 1.54) is 59.3 Å². The zero-order chi connectivity index (χ0) is 91.5. The van der Waals surface area contributed by atoms with Crippen molar-refractivity contribution in [2.45, 2.75) is 202 Å². The molecule has 3 aromatic carbocycles. The number of thioether (sulfide) groups is 1. The molecule has 3 fully saturated rings. The number of likely N-dealkylation sites (N-methyl/N-ethyl adjacent to an activating group) is 3. The number of para-hydroxylation sites is 2. The van der Waals surface area contributed by atoms with Gasteiger partial charge in [-0.15, -0.1) is 11.8 Å². The zero-order valence-corrected chi connectivity index (χ0v) is 71.6. The summed E-state index contributed by atoms with van der Waals surface area (Å²) in [6.45, 7) is 0.999. The van der Waals surface area contributed by atoms with Gasteiger partial charge in [0.15, 0.2) is 0 Å². The predicted octanol–water partition coefficient (Wildman–Crippen LogP) is -4.84. The number of rotatable bonds is 22. The highest BCUT2D eigenvalue weighted by molar-refractivity contribution is 8.00. The molecule has 3 aliphatic rings. The maximum Gasteiger partial charge on any atom is 0.246 e. The zero-order valence-electron chi connectivity index (χ0n) is 70.7. The monoisotopic (exact) mass is 1760 g/mol. The lowest BCUT2D eigenvalue weighted by Gasteiger charge is -2.34. The topological polar surface area (TPSA) is 617 Å². The van der Waals surface area contributed by atoms with Crippen LogP contribution in [0.2, 0.25) is 0 Å². The van der Waals surface area contributed by atoms with E-state index in [2.05, 4.69) is 63.1 Å². The minimum atomic E-state index is -1.85. The van der Waals surface area contributed by atoms with Gasteiger partial charge in [-0.2, -0.15) is 0 Å². The molecule has 42 heteroatoms. The predicted molar refractivity (Wildman–Crippen MR) is 455 cm³/mol. The minimum Gasteiger partial charge on any atom is -0.508 e. The number of carbonyl (C=O) groups excluding carboxylic acids is 17. The first-order chi connectivity index (χ1) is 59.6. The lowest BCUT2D eigenvalue weighted by Crippen LogP contribution is -2.61. The molecule has 3 saturated heterocycles. The lowest BCUT2D eigenvalue weighted by molar-refractivity contribution is -0.148. The summed E-state index contributed by atoms with van der Waals surface area (Å²) < 4.78 is 0. The van der Waals surface area contributed by atoms with E-state index in [9.17, 15) is 87.5 Å². The Morgan fingerprint density at radius 2 is 0.968 bits per heavy atom. The van der Waals surface area contributed by atoms with Crippen LogP contribution < -0.4 is 70.4 Å². The number of nitrogens with two attached hydrogens (primary N) is 3. The molecule has 5 aromatic rings. The van der Waals surface area contributed by atoms with Gasteiger partial charge in [0.1, 0.15) is 90.3 Å². The number of benzene rings is 3. The second kappa shape index (κ2) is 47.0. The molecule has 41 nitrogen and oxygen atoms in total. The average molecular weight is 1760 g/mol. The SMILES string of the molecule is CCCC[C@H]1C(=O)N[C@@H](CC(N)=O)C(=O)N2CCC[C@H]2C(=O)N[C@@H](CO)C(=O)N[C@@H](CCO)C(=O)N2CCC[C@H]2C(=O)N[C@@H](Cc2c[nH]c3ccccc23)C(=O)N[C@@H](CCO)C(=O)N[C@@H](Cc2c[nH]c3ccccc23)C(=O)N(C)[C@@H](C)C(=O)N(C)[C@@H](C)C(=O)N[C@@H](CCCN)C(=O)NC(C(=O)NCC(N)=O)CSCC(=O)N[C@@H](Cc2ccc(O)cc2)C(=O)N1C. The maximum absolute atomic E-state index is 15.2. The first-order valence-corrected chi connectivity index (χ1v) is 42.7. The average Bonchev–Trinajstić information content (AvgIpc) is 1.81. The van der Waals surface area contributed by atoms with Crippen LogP contribution >= 0.6 is 11.8 Å². The van der Waals surface area contributed by atoms with E-state index in [0.29, 0.717) is 51.3 Å². The molecule has 5 heterocycles. The maximum atomic E-state index is 15.2. The summed E-state index contributed by atoms with van der Waals surface area (Å²) in [5.74, 6) is -17.2. The van der Waals surface area contributed by atoms with E-state index in [1.807, 2.05) is 0 Å². The summed E-state index contributed by atoms with van der Waals surface area (Å²) in [5, 5.41) is 68.9. The lowest BCUT2D eigenvalue weighted by atomic mass is 10.0. The molecule has 22 N–H and O–H groups in total. The van der Waals surface area contributed by atoms with Crippen molar-refractivity contribution in [3.05, 3.63) is 102 Å². The third kappa shape index (κ3) is 26.6. The van der Waals surface area contributed by atoms with Crippen molar-refractivity contribution in [2.24, 2.45) is 17.2 Å². The third-order valence-electron chi connectivity index (χ3n) is 22.5. The number of nitrogens with one attached hydrogen (secondary N) is 12. The number of hydrogen-bond donors (Lipinski definition) is 19. The Kier molecular flexibility index (Phi) is 36.9. The number of fused-ring (bicyclic) bond motifs is 4. The second-order valence-corrected chi connectivity index (χ2v) is 32.4. The number of aromatic hydroxyl groups is 1. The largest absolute Gasteiger partial charge is 0.508 e. The molecule has 2 aromatic heterocycles. The van der Waals surface area contributed by atoms with E-state index >= 15 is 14.4 Å². The van der Waals surface area contributed by atoms with Gasteiger partial charge >= 0.3 is 0 Å². The Morgan fingerprint density at radius 3 is 1.54 bits per heavy atom. The van der Waals surface area contributed by atoms with E-state index < -0.39 is 242 Å². The number of nitrogens with zero attached hydrogens (tertiary/aromatic N) is 5. The summed E-state index contributed by atoms with van der Waals surface area (Å²) in [7, 11) is 3.80. The number of hydrogen-bond acceptors (Lipinski definition) is 23. The summed E-state index contributed by atoms with van der Waals surface area (Å²) in [6, 6.07) is -1.97. The van der Waals surface area contributed by atoms with E-state index in [-0.39, 0.29) is 89.6 Å². The first-order valence-electron chi connectivity index (χ1n) is 41.6. The van der Waals surface area contributed by atoms with Crippen LogP contribution in [-0.4, -0.2) is 319 Å². The Labute approximate surface area is 725 Å². The number of amides is 17. The third-order valence-corrected chi connectivity index (χ3v) is 23.5. The van der Waals surface area contributed by atoms with Crippen molar-refractivity contribution >= 4 is 134 Å². The van der Waals surface area contributed by atoms with Crippen LogP contribution in [0.25, 0.3) is 21.8 Å². The number of phenols is 1. The number of aromatic nitrogens is 2. The number of aliphatic hydroxyl groups is 3. The number of H-pyrrole nitrogens is 2. The van der Waals surface area contributed by atoms with Crippen molar-refractivity contribution in [1.29, 1.82) is 0 Å². The van der Waals surface area contributed by atoms with Crippen molar-refractivity contribution < 1.29 is 102 Å². The normalized spacial score (nSPS) is 25.2. The van der Waals surface area contributed by atoms with Crippen LogP contribution in [-0.2, 0) is 101 Å². The standard InChI is InChI=1S/C83H116N20O21S/c1-7-8-21-64-76(117)96-61(38-67(85)108)83(124)103-32-15-23-66(103)78(119)97-62(42-106)75(116)93-57(29-34-105)82(123)102-31-14-22-65(102)77(118)94-58(36-48-39-87-53-18-11-9-16-51(48)53)74(115)92-56(28-33-104)73(114)95-60(37-49-40-88-54-19-12-10-17-52(49)54)80(121)100(5)46(3)79(120)99(4)45(2)70(111)91-55(20-13-30-84)72(113)98-63(71(112)89-41-68(86)109)43-125-44-69(110)90-59(81(122)101(64)6)35-47-24-26-50(107)27-25-47/h9-12,16-19,24-27,39-40,45-46,55-66,87-88,104-107H,7-8,13-15,20-23,28-38,41-44,84H2,1-6H3,(H2,85,108)(H2,86,109)(H,89,112)(H,90,110)(H,91,111)(H,92,115)(H,93,116)(H,94,118)(H,95,114)(H,96,117)(H,97,119)(H,98,113)/t45-,46-,55-,56-,57-,58-,59-,60-,61-,62-,63?,64-,65-,66-/m0/s1. The molecule has 14 atom stereocenters. The highest BCUT2D eigenvalue weighted by Crippen LogP contribution is 2.27. The van der Waals surface area contributed by atoms with Crippen molar-refractivity contribution in [1.82, 2.24) is 87.6 Å². The summed E-state index contributed by atoms with van der Waals surface area (Å²) >= 11 is 0.771. The molecular formula is C83H116N20O21S. The van der Waals surface area contributed by atoms with Crippen molar-refractivity contribution in [2.75, 3.05) is 78.6 Å². The highest BCUT2D eigenvalue weighted by atomic mass is 32.2. The highest BCUT2D eigenvalue weighted by Gasteiger charge is 2.45. The van der Waals surface area contributed by atoms with Crippen LogP contribution in [0, 0.1) is 0 Å². The van der Waals surface area contributed by atoms with E-state index in [1.54, 1.807) is 67.8 Å². The number of phenolic OH excluding ortho intramolecular Hbond substituents is 1. The van der Waals surface area contributed by atoms with Crippen LogP contribution in [0.3, 0.4) is 0 Å². The molecule has 0 spiro atoms. The Hall–Kier alpha value is -12.3. The Morgan fingerprint density at radius 1 is 0.488 bits per heavy atom. The van der Waals surface area contributed by atoms with Gasteiger partial charge in [0, 0.05) is 107 Å². The molecule has 0 bridgehead atoms. The van der Waals surface area contributed by atoms with Gasteiger partial charge < -0.3 is 125 Å². The van der Waals surface area contributed by atoms with Gasteiger partial charge in [-0.3, -0.25) is 81.5 Å². The quantitative estimate of drug-likeness (QED) is 0.0309. The van der Waals surface area contributed by atoms with Crippen LogP contribution in [0.5, 0.6) is 5.75 Å². The summed E-state index contributed by atoms with van der Waals surface area (Å²) in [6.07, 6.45) is 1.68. The first kappa shape index (κ1) is 98.2. The van der Waals surface area contributed by atoms with E-state index in [0.717, 1.165) is 36.3 Å². The molecule has 17 amide bonds. The van der Waals surface area contributed by atoms with Gasteiger partial charge in [-0.25, -0.2) is 0 Å². The Balaban J connectivity index is 1.14. The number of carbonyl (C=O) groups is 17. The van der Waals surface area contributed by atoms with Crippen LogP contribution in [0.1, 0.15) is 115 Å². The minimum absolute atomic E-state index is 0.0000382. The fourth-order valence-corrected chi connectivity index (χ4v) is 16.1. The molecule has 680 valence electrons. The summed E-state index contributed by atoms with van der Waals surface area (Å²) in [5.41, 5.74) is 19.7. The fraction of sp³-hybridized carbons (Fsp3) is 0.530. The number of aromatic amines is 2. The molecule has 0 aliphatic carbocycles. The van der Waals surface area contributed by atoms with Gasteiger partial charge in [0.05, 0.1) is 25.3 Å². The van der Waals surface area contributed by atoms with E-state index in [4.69, 9.17) is 17.2 Å². The second-order valence-electron chi connectivity index (χ2n) is 31.4. The van der Waals surface area contributed by atoms with Gasteiger partial charge in [0.2, 0.25) is 100 Å². The number of aliphatic hydroxyl groups excluding tert-OH is 3. The van der Waals surface area contributed by atoms with Gasteiger partial charge in [-0.1, -0.05) is 68.3 Å². The molecule has 3 aliphatic heterocycles.